The van der Waals surface area contributed by atoms with Gasteiger partial charge in [-0.15, -0.1) is 0 Å². The largest absolute Gasteiger partial charge is 0.460 e. The summed E-state index contributed by atoms with van der Waals surface area (Å²) in [5.41, 5.74) is 3.25. The lowest BCUT2D eigenvalue weighted by atomic mass is 9.83. The zero-order valence-electron chi connectivity index (χ0n) is 9.33. The molecule has 0 fully saturated rings. The molecule has 1 aromatic rings. The molecule has 0 bridgehead atoms. The van der Waals surface area contributed by atoms with Crippen LogP contribution in [0.1, 0.15) is 37.6 Å². The summed E-state index contributed by atoms with van der Waals surface area (Å²) in [5, 5.41) is 0. The Balaban J connectivity index is 2.51. The molecule has 0 radical (unpaired) electrons. The predicted octanol–water partition coefficient (Wildman–Crippen LogP) is 1.98. The van der Waals surface area contributed by atoms with Crippen molar-refractivity contribution in [3.8, 4) is 0 Å². The Bertz CT molecular complexity index is 405. The number of rotatable bonds is 0. The maximum absolute atomic E-state index is 11.1. The van der Waals surface area contributed by atoms with Crippen LogP contribution in [0.2, 0.25) is 0 Å². The first-order valence-corrected chi connectivity index (χ1v) is 5.11. The van der Waals surface area contributed by atoms with E-state index in [2.05, 4.69) is 25.8 Å². The number of aromatic nitrogens is 1. The van der Waals surface area contributed by atoms with Gasteiger partial charge in [0.05, 0.1) is 12.1 Å². The third kappa shape index (κ3) is 1.87. The van der Waals surface area contributed by atoms with Crippen LogP contribution in [0.5, 0.6) is 0 Å². The van der Waals surface area contributed by atoms with Gasteiger partial charge in [0.2, 0.25) is 0 Å². The minimum Gasteiger partial charge on any atom is -0.460 e. The molecule has 2 heterocycles. The highest BCUT2D eigenvalue weighted by molar-refractivity contribution is 5.74. The second-order valence-electron chi connectivity index (χ2n) is 4.87. The van der Waals surface area contributed by atoms with E-state index in [9.17, 15) is 4.79 Å². The summed E-state index contributed by atoms with van der Waals surface area (Å²) in [5.74, 6) is -0.180. The van der Waals surface area contributed by atoms with Gasteiger partial charge in [-0.05, 0) is 17.0 Å². The van der Waals surface area contributed by atoms with Crippen LogP contribution >= 0.6 is 0 Å². The van der Waals surface area contributed by atoms with Gasteiger partial charge < -0.3 is 4.74 Å². The quantitative estimate of drug-likeness (QED) is 0.608. The van der Waals surface area contributed by atoms with E-state index in [1.165, 1.54) is 5.56 Å². The van der Waals surface area contributed by atoms with E-state index in [1.54, 1.807) is 6.20 Å². The fourth-order valence-electron chi connectivity index (χ4n) is 1.89. The first-order chi connectivity index (χ1) is 6.98. The molecule has 0 N–H and O–H groups in total. The molecule has 3 heteroatoms. The SMILES string of the molecule is CC(C)(C)c1ccnc2c1COC(=O)C2. The third-order valence-electron chi connectivity index (χ3n) is 2.64. The average Bonchev–Trinajstić information content (AvgIpc) is 2.15. The van der Waals surface area contributed by atoms with E-state index in [1.807, 2.05) is 6.07 Å². The Hall–Kier alpha value is -1.38. The fraction of sp³-hybridized carbons (Fsp3) is 0.500. The highest BCUT2D eigenvalue weighted by Gasteiger charge is 2.25. The monoisotopic (exact) mass is 205 g/mol. The van der Waals surface area contributed by atoms with E-state index in [4.69, 9.17) is 4.74 Å². The molecular weight excluding hydrogens is 190 g/mol. The highest BCUT2D eigenvalue weighted by Crippen LogP contribution is 2.29. The van der Waals surface area contributed by atoms with Crippen molar-refractivity contribution in [2.45, 2.75) is 39.2 Å². The van der Waals surface area contributed by atoms with Crippen LogP contribution in [0.3, 0.4) is 0 Å². The Morgan fingerprint density at radius 3 is 2.80 bits per heavy atom. The van der Waals surface area contributed by atoms with Gasteiger partial charge in [-0.3, -0.25) is 9.78 Å². The molecule has 0 aliphatic carbocycles. The number of carbonyl (C=O) groups excluding carboxylic acids is 1. The molecular formula is C12H15NO2. The molecule has 2 rings (SSSR count). The molecule has 0 atom stereocenters. The molecule has 0 spiro atoms. The zero-order valence-corrected chi connectivity index (χ0v) is 9.33. The van der Waals surface area contributed by atoms with Crippen LogP contribution in [0.4, 0.5) is 0 Å². The van der Waals surface area contributed by atoms with E-state index in [-0.39, 0.29) is 11.4 Å². The molecule has 1 aromatic heterocycles. The van der Waals surface area contributed by atoms with Crippen molar-refractivity contribution in [3.05, 3.63) is 29.1 Å². The summed E-state index contributed by atoms with van der Waals surface area (Å²) in [6.07, 6.45) is 2.08. The maximum atomic E-state index is 11.1. The molecule has 0 saturated carbocycles. The Morgan fingerprint density at radius 1 is 1.40 bits per heavy atom. The molecule has 0 aromatic carbocycles. The van der Waals surface area contributed by atoms with Crippen LogP contribution in [0, 0.1) is 0 Å². The molecule has 0 amide bonds. The molecule has 1 aliphatic heterocycles. The number of carbonyl (C=O) groups is 1. The van der Waals surface area contributed by atoms with E-state index < -0.39 is 0 Å². The van der Waals surface area contributed by atoms with Crippen molar-refractivity contribution in [2.24, 2.45) is 0 Å². The maximum Gasteiger partial charge on any atom is 0.312 e. The van der Waals surface area contributed by atoms with Gasteiger partial charge in [0.1, 0.15) is 6.61 Å². The number of ether oxygens (including phenoxy) is 1. The van der Waals surface area contributed by atoms with E-state index >= 15 is 0 Å². The summed E-state index contributed by atoms with van der Waals surface area (Å²) < 4.78 is 5.06. The molecule has 80 valence electrons. The topological polar surface area (TPSA) is 39.2 Å². The second-order valence-corrected chi connectivity index (χ2v) is 4.87. The smallest absolute Gasteiger partial charge is 0.312 e. The number of fused-ring (bicyclic) bond motifs is 1. The van der Waals surface area contributed by atoms with Crippen LogP contribution in [0.15, 0.2) is 12.3 Å². The lowest BCUT2D eigenvalue weighted by molar-refractivity contribution is -0.145. The third-order valence-corrected chi connectivity index (χ3v) is 2.64. The van der Waals surface area contributed by atoms with Gasteiger partial charge in [0.15, 0.2) is 0 Å². The van der Waals surface area contributed by atoms with Crippen molar-refractivity contribution in [1.82, 2.24) is 4.98 Å². The van der Waals surface area contributed by atoms with Gasteiger partial charge in [0.25, 0.3) is 0 Å². The molecule has 3 nitrogen and oxygen atoms in total. The van der Waals surface area contributed by atoms with E-state index in [0.29, 0.717) is 13.0 Å². The predicted molar refractivity (Wildman–Crippen MR) is 56.4 cm³/mol. The van der Waals surface area contributed by atoms with Crippen molar-refractivity contribution in [1.29, 1.82) is 0 Å². The van der Waals surface area contributed by atoms with Crippen LogP contribution < -0.4 is 0 Å². The van der Waals surface area contributed by atoms with Crippen molar-refractivity contribution in [2.75, 3.05) is 0 Å². The number of cyclic esters (lactones) is 1. The highest BCUT2D eigenvalue weighted by atomic mass is 16.5. The fourth-order valence-corrected chi connectivity index (χ4v) is 1.89. The lowest BCUT2D eigenvalue weighted by Gasteiger charge is -2.26. The molecule has 1 aliphatic rings. The average molecular weight is 205 g/mol. The minimum atomic E-state index is -0.180. The second kappa shape index (κ2) is 3.33. The summed E-state index contributed by atoms with van der Waals surface area (Å²) in [6, 6.07) is 2.01. The first-order valence-electron chi connectivity index (χ1n) is 5.11. The summed E-state index contributed by atoms with van der Waals surface area (Å²) in [7, 11) is 0. The lowest BCUT2D eigenvalue weighted by Crippen LogP contribution is -2.23. The van der Waals surface area contributed by atoms with Crippen molar-refractivity contribution in [3.63, 3.8) is 0 Å². The molecule has 15 heavy (non-hydrogen) atoms. The van der Waals surface area contributed by atoms with Crippen LogP contribution in [-0.2, 0) is 28.0 Å². The van der Waals surface area contributed by atoms with E-state index in [0.717, 1.165) is 11.3 Å². The number of pyridine rings is 1. The zero-order chi connectivity index (χ0) is 11.1. The van der Waals surface area contributed by atoms with Crippen molar-refractivity contribution < 1.29 is 9.53 Å². The molecule has 0 saturated heterocycles. The summed E-state index contributed by atoms with van der Waals surface area (Å²) in [4.78, 5) is 15.4. The standard InChI is InChI=1S/C12H15NO2/c1-12(2,3)9-4-5-13-10-6-11(14)15-7-8(9)10/h4-5H,6-7H2,1-3H3. The Kier molecular flexibility index (Phi) is 2.25. The summed E-state index contributed by atoms with van der Waals surface area (Å²) >= 11 is 0. The van der Waals surface area contributed by atoms with Crippen LogP contribution in [0.25, 0.3) is 0 Å². The number of esters is 1. The number of hydrogen-bond acceptors (Lipinski definition) is 3. The number of nitrogens with zero attached hydrogens (tertiary/aromatic N) is 1. The van der Waals surface area contributed by atoms with Gasteiger partial charge in [0, 0.05) is 11.8 Å². The summed E-state index contributed by atoms with van der Waals surface area (Å²) in [6.45, 7) is 6.83. The van der Waals surface area contributed by atoms with Gasteiger partial charge in [-0.1, -0.05) is 20.8 Å². The molecule has 0 unspecified atom stereocenters. The normalized spacial score (nSPS) is 15.8. The van der Waals surface area contributed by atoms with Crippen molar-refractivity contribution >= 4 is 5.97 Å². The first kappa shape index (κ1) is 10.1. The number of hydrogen-bond donors (Lipinski definition) is 0. The minimum absolute atomic E-state index is 0.0662. The van der Waals surface area contributed by atoms with Gasteiger partial charge >= 0.3 is 5.97 Å². The Morgan fingerprint density at radius 2 is 2.13 bits per heavy atom. The van der Waals surface area contributed by atoms with Crippen LogP contribution in [-0.4, -0.2) is 11.0 Å². The Labute approximate surface area is 89.5 Å². The van der Waals surface area contributed by atoms with Gasteiger partial charge in [-0.2, -0.15) is 0 Å². The van der Waals surface area contributed by atoms with Gasteiger partial charge in [-0.25, -0.2) is 0 Å².